The molecule has 6 heteroatoms. The van der Waals surface area contributed by atoms with Crippen LogP contribution in [-0.4, -0.2) is 77.3 Å². The van der Waals surface area contributed by atoms with Gasteiger partial charge in [-0.1, -0.05) is 27.2 Å². The Labute approximate surface area is 146 Å². The molecule has 0 aromatic rings. The minimum Gasteiger partial charge on any atom is -0.378 e. The van der Waals surface area contributed by atoms with Crippen molar-refractivity contribution in [3.05, 3.63) is 0 Å². The second-order valence-corrected chi connectivity index (χ2v) is 6.82. The lowest BCUT2D eigenvalue weighted by molar-refractivity contribution is -0.184. The molecule has 2 saturated heterocycles. The first-order chi connectivity index (χ1) is 11.7. The van der Waals surface area contributed by atoms with E-state index in [2.05, 4.69) is 20.8 Å². The quantitative estimate of drug-likeness (QED) is 0.603. The van der Waals surface area contributed by atoms with Crippen LogP contribution in [0.3, 0.4) is 0 Å². The molecule has 0 amide bonds. The van der Waals surface area contributed by atoms with Crippen LogP contribution in [0.1, 0.15) is 33.6 Å². The first-order valence-electron chi connectivity index (χ1n) is 9.33. The third-order valence-electron chi connectivity index (χ3n) is 4.49. The van der Waals surface area contributed by atoms with Crippen molar-refractivity contribution in [2.45, 2.75) is 58.0 Å². The van der Waals surface area contributed by atoms with E-state index in [1.165, 1.54) is 0 Å². The standard InChI is InChI=1S/C18H34O6/c1-4-14(3)6-19-8-16-12-23-17(13-22-16)9-21-11-18-10-20-7-15(5-2)24-18/h14-18H,4-13H2,1-3H3/t14-,15?,16?,17?,18?/m1/s1. The van der Waals surface area contributed by atoms with Gasteiger partial charge >= 0.3 is 0 Å². The van der Waals surface area contributed by atoms with E-state index in [1.807, 2.05) is 0 Å². The van der Waals surface area contributed by atoms with Gasteiger partial charge in [-0.15, -0.1) is 0 Å². The van der Waals surface area contributed by atoms with Gasteiger partial charge in [-0.25, -0.2) is 0 Å². The zero-order valence-electron chi connectivity index (χ0n) is 15.4. The van der Waals surface area contributed by atoms with Gasteiger partial charge in [0.05, 0.1) is 52.4 Å². The van der Waals surface area contributed by atoms with Gasteiger partial charge in [0.2, 0.25) is 0 Å². The second kappa shape index (κ2) is 11.4. The van der Waals surface area contributed by atoms with Crippen LogP contribution in [0.25, 0.3) is 0 Å². The first-order valence-corrected chi connectivity index (χ1v) is 9.33. The molecule has 2 heterocycles. The van der Waals surface area contributed by atoms with Crippen LogP contribution in [-0.2, 0) is 28.4 Å². The fourth-order valence-electron chi connectivity index (χ4n) is 2.61. The fourth-order valence-corrected chi connectivity index (χ4v) is 2.61. The van der Waals surface area contributed by atoms with Crippen molar-refractivity contribution >= 4 is 0 Å². The largest absolute Gasteiger partial charge is 0.378 e. The van der Waals surface area contributed by atoms with E-state index in [1.54, 1.807) is 0 Å². The summed E-state index contributed by atoms with van der Waals surface area (Å²) in [5.74, 6) is 0.592. The van der Waals surface area contributed by atoms with Crippen molar-refractivity contribution in [3.8, 4) is 0 Å². The Morgan fingerprint density at radius 1 is 0.833 bits per heavy atom. The Morgan fingerprint density at radius 2 is 1.46 bits per heavy atom. The van der Waals surface area contributed by atoms with Crippen molar-refractivity contribution < 1.29 is 28.4 Å². The number of ether oxygens (including phenoxy) is 6. The molecule has 2 aliphatic heterocycles. The molecule has 0 aliphatic carbocycles. The van der Waals surface area contributed by atoms with Gasteiger partial charge < -0.3 is 28.4 Å². The summed E-state index contributed by atoms with van der Waals surface area (Å²) in [6, 6.07) is 0. The Bertz CT molecular complexity index is 319. The summed E-state index contributed by atoms with van der Waals surface area (Å²) < 4.78 is 34.4. The van der Waals surface area contributed by atoms with Gasteiger partial charge in [-0.05, 0) is 12.3 Å². The van der Waals surface area contributed by atoms with Crippen LogP contribution in [0.2, 0.25) is 0 Å². The molecule has 0 radical (unpaired) electrons. The van der Waals surface area contributed by atoms with E-state index >= 15 is 0 Å². The predicted octanol–water partition coefficient (Wildman–Crippen LogP) is 2.04. The molecule has 0 N–H and O–H groups in total. The van der Waals surface area contributed by atoms with Crippen molar-refractivity contribution in [2.24, 2.45) is 5.92 Å². The van der Waals surface area contributed by atoms with Crippen LogP contribution in [0.15, 0.2) is 0 Å². The Morgan fingerprint density at radius 3 is 2.08 bits per heavy atom. The summed E-state index contributed by atoms with van der Waals surface area (Å²) in [5, 5.41) is 0. The summed E-state index contributed by atoms with van der Waals surface area (Å²) in [4.78, 5) is 0. The highest BCUT2D eigenvalue weighted by Gasteiger charge is 2.25. The highest BCUT2D eigenvalue weighted by atomic mass is 16.6. The topological polar surface area (TPSA) is 55.4 Å². The average Bonchev–Trinajstić information content (AvgIpc) is 2.63. The highest BCUT2D eigenvalue weighted by molar-refractivity contribution is 4.70. The molecule has 24 heavy (non-hydrogen) atoms. The highest BCUT2D eigenvalue weighted by Crippen LogP contribution is 2.13. The summed E-state index contributed by atoms with van der Waals surface area (Å²) in [5.41, 5.74) is 0. The molecule has 0 aromatic carbocycles. The van der Waals surface area contributed by atoms with Crippen LogP contribution in [0.5, 0.6) is 0 Å². The Balaban J connectivity index is 1.50. The van der Waals surface area contributed by atoms with Gasteiger partial charge in [0.15, 0.2) is 0 Å². The van der Waals surface area contributed by atoms with Crippen LogP contribution >= 0.6 is 0 Å². The van der Waals surface area contributed by atoms with Gasteiger partial charge in [-0.2, -0.15) is 0 Å². The number of rotatable bonds is 10. The molecule has 2 fully saturated rings. The lowest BCUT2D eigenvalue weighted by atomic mass is 10.1. The van der Waals surface area contributed by atoms with Crippen molar-refractivity contribution in [2.75, 3.05) is 52.9 Å². The number of hydrogen-bond donors (Lipinski definition) is 0. The smallest absolute Gasteiger partial charge is 0.105 e. The zero-order chi connectivity index (χ0) is 17.2. The van der Waals surface area contributed by atoms with Crippen LogP contribution < -0.4 is 0 Å². The SMILES string of the molecule is CCC1COCC(COCC2COC(COC[C@H](C)CC)CO2)O1. The van der Waals surface area contributed by atoms with Crippen molar-refractivity contribution in [3.63, 3.8) is 0 Å². The van der Waals surface area contributed by atoms with E-state index < -0.39 is 0 Å². The summed E-state index contributed by atoms with van der Waals surface area (Å²) >= 11 is 0. The van der Waals surface area contributed by atoms with Crippen LogP contribution in [0.4, 0.5) is 0 Å². The molecule has 4 unspecified atom stereocenters. The van der Waals surface area contributed by atoms with E-state index in [9.17, 15) is 0 Å². The molecule has 6 nitrogen and oxygen atoms in total. The van der Waals surface area contributed by atoms with E-state index in [-0.39, 0.29) is 24.4 Å². The van der Waals surface area contributed by atoms with Gasteiger partial charge in [-0.3, -0.25) is 0 Å². The van der Waals surface area contributed by atoms with Gasteiger partial charge in [0, 0.05) is 6.61 Å². The average molecular weight is 346 g/mol. The fraction of sp³-hybridized carbons (Fsp3) is 1.00. The molecule has 2 aliphatic rings. The minimum absolute atomic E-state index is 0.0118. The number of hydrogen-bond acceptors (Lipinski definition) is 6. The molecule has 2 rings (SSSR count). The van der Waals surface area contributed by atoms with E-state index in [4.69, 9.17) is 28.4 Å². The maximum absolute atomic E-state index is 5.88. The van der Waals surface area contributed by atoms with Crippen molar-refractivity contribution in [1.82, 2.24) is 0 Å². The third-order valence-corrected chi connectivity index (χ3v) is 4.49. The summed E-state index contributed by atoms with van der Waals surface area (Å²) in [6.07, 6.45) is 2.34. The van der Waals surface area contributed by atoms with Gasteiger partial charge in [0.1, 0.15) is 18.3 Å². The Kier molecular flexibility index (Phi) is 9.53. The minimum atomic E-state index is -0.0118. The maximum atomic E-state index is 5.88. The van der Waals surface area contributed by atoms with Crippen molar-refractivity contribution in [1.29, 1.82) is 0 Å². The molecule has 0 saturated carbocycles. The molecular formula is C18H34O6. The van der Waals surface area contributed by atoms with Gasteiger partial charge in [0.25, 0.3) is 0 Å². The summed E-state index contributed by atoms with van der Waals surface area (Å²) in [6.45, 7) is 11.3. The predicted molar refractivity (Wildman–Crippen MR) is 90.3 cm³/mol. The Hall–Kier alpha value is -0.240. The first kappa shape index (κ1) is 20.1. The van der Waals surface area contributed by atoms with E-state index in [0.29, 0.717) is 52.2 Å². The lowest BCUT2D eigenvalue weighted by Gasteiger charge is -2.31. The molecular weight excluding hydrogens is 312 g/mol. The third kappa shape index (κ3) is 7.33. The molecule has 0 spiro atoms. The second-order valence-electron chi connectivity index (χ2n) is 6.82. The maximum Gasteiger partial charge on any atom is 0.105 e. The molecule has 0 aromatic heterocycles. The molecule has 142 valence electrons. The molecule has 0 bridgehead atoms. The van der Waals surface area contributed by atoms with Crippen LogP contribution in [0, 0.1) is 5.92 Å². The van der Waals surface area contributed by atoms with E-state index in [0.717, 1.165) is 19.4 Å². The monoisotopic (exact) mass is 346 g/mol. The zero-order valence-corrected chi connectivity index (χ0v) is 15.4. The lowest BCUT2D eigenvalue weighted by Crippen LogP contribution is -2.42. The molecule has 5 atom stereocenters. The normalized spacial score (nSPS) is 32.6. The summed E-state index contributed by atoms with van der Waals surface area (Å²) in [7, 11) is 0.